The minimum Gasteiger partial charge on any atom is -0.452 e. The molecule has 0 aliphatic carbocycles. The number of hydrogen-bond acceptors (Lipinski definition) is 4. The van der Waals surface area contributed by atoms with E-state index in [0.717, 1.165) is 16.0 Å². The van der Waals surface area contributed by atoms with Gasteiger partial charge < -0.3 is 4.74 Å². The Labute approximate surface area is 123 Å². The number of aryl methyl sites for hydroxylation is 1. The first-order chi connectivity index (χ1) is 10.1. The van der Waals surface area contributed by atoms with Gasteiger partial charge in [0.1, 0.15) is 0 Å². The number of benzene rings is 1. The summed E-state index contributed by atoms with van der Waals surface area (Å²) in [6, 6.07) is 7.64. The minimum absolute atomic E-state index is 0.203. The van der Waals surface area contributed by atoms with Gasteiger partial charge in [-0.05, 0) is 25.0 Å². The third-order valence-corrected chi connectivity index (χ3v) is 3.20. The highest BCUT2D eigenvalue weighted by atomic mass is 16.5. The Hall–Kier alpha value is -2.43. The number of hydrogen-bond donors (Lipinski definition) is 0. The summed E-state index contributed by atoms with van der Waals surface area (Å²) in [5, 5.41) is 0. The van der Waals surface area contributed by atoms with Gasteiger partial charge in [0.15, 0.2) is 6.61 Å². The van der Waals surface area contributed by atoms with Crippen molar-refractivity contribution in [1.82, 2.24) is 4.90 Å². The van der Waals surface area contributed by atoms with Gasteiger partial charge in [-0.15, -0.1) is 0 Å². The molecule has 0 spiro atoms. The Morgan fingerprint density at radius 1 is 1.29 bits per heavy atom. The third-order valence-electron chi connectivity index (χ3n) is 3.20. The number of amides is 2. The van der Waals surface area contributed by atoms with E-state index in [1.54, 1.807) is 6.08 Å². The van der Waals surface area contributed by atoms with Gasteiger partial charge in [0, 0.05) is 19.0 Å². The van der Waals surface area contributed by atoms with E-state index in [0.29, 0.717) is 19.4 Å². The Kier molecular flexibility index (Phi) is 4.87. The fraction of sp³-hybridized carbons (Fsp3) is 0.312. The monoisotopic (exact) mass is 287 g/mol. The maximum atomic E-state index is 11.7. The molecule has 2 rings (SSSR count). The molecule has 21 heavy (non-hydrogen) atoms. The smallest absolute Gasteiger partial charge is 0.331 e. The number of likely N-dealkylation sites (tertiary alicyclic amines) is 1. The fourth-order valence-corrected chi connectivity index (χ4v) is 2.01. The Morgan fingerprint density at radius 2 is 2.00 bits per heavy atom. The zero-order valence-electron chi connectivity index (χ0n) is 11.9. The van der Waals surface area contributed by atoms with Gasteiger partial charge in [-0.1, -0.05) is 29.8 Å². The second-order valence-corrected chi connectivity index (χ2v) is 4.89. The molecule has 1 saturated heterocycles. The average Bonchev–Trinajstić information content (AvgIpc) is 2.90. The van der Waals surface area contributed by atoms with Crippen LogP contribution in [0.1, 0.15) is 24.0 Å². The average molecular weight is 287 g/mol. The maximum Gasteiger partial charge on any atom is 0.331 e. The number of ether oxygens (including phenoxy) is 1. The van der Waals surface area contributed by atoms with Crippen molar-refractivity contribution in [2.45, 2.75) is 19.8 Å². The van der Waals surface area contributed by atoms with E-state index in [2.05, 4.69) is 0 Å². The lowest BCUT2D eigenvalue weighted by atomic mass is 10.1. The van der Waals surface area contributed by atoms with Crippen LogP contribution in [0.3, 0.4) is 0 Å². The Bertz CT molecular complexity index is 574. The topological polar surface area (TPSA) is 63.7 Å². The third kappa shape index (κ3) is 4.27. The van der Waals surface area contributed by atoms with Gasteiger partial charge in [0.2, 0.25) is 5.91 Å². The molecule has 0 N–H and O–H groups in total. The van der Waals surface area contributed by atoms with Crippen LogP contribution < -0.4 is 0 Å². The first kappa shape index (κ1) is 15.0. The fourth-order valence-electron chi connectivity index (χ4n) is 2.01. The number of carbonyl (C=O) groups excluding carboxylic acids is 3. The molecule has 1 aromatic carbocycles. The van der Waals surface area contributed by atoms with Gasteiger partial charge in [0.05, 0.1) is 0 Å². The molecule has 1 aliphatic heterocycles. The van der Waals surface area contributed by atoms with Crippen molar-refractivity contribution in [2.24, 2.45) is 0 Å². The number of imide groups is 1. The number of nitrogens with zero attached hydrogens (tertiary/aromatic N) is 1. The van der Waals surface area contributed by atoms with Crippen LogP contribution in [0.4, 0.5) is 0 Å². The molecule has 0 unspecified atom stereocenters. The van der Waals surface area contributed by atoms with Crippen molar-refractivity contribution in [2.75, 3.05) is 13.2 Å². The zero-order chi connectivity index (χ0) is 15.2. The SMILES string of the molecule is Cc1ccc(/C=C/C(=O)OCC(=O)N2CCCC2=O)cc1. The van der Waals surface area contributed by atoms with Crippen LogP contribution in [0.5, 0.6) is 0 Å². The number of carbonyl (C=O) groups is 3. The lowest BCUT2D eigenvalue weighted by Gasteiger charge is -2.12. The summed E-state index contributed by atoms with van der Waals surface area (Å²) >= 11 is 0. The van der Waals surface area contributed by atoms with Gasteiger partial charge in [-0.2, -0.15) is 0 Å². The summed E-state index contributed by atoms with van der Waals surface area (Å²) in [5.74, 6) is -1.27. The van der Waals surface area contributed by atoms with E-state index in [9.17, 15) is 14.4 Å². The molecule has 110 valence electrons. The second-order valence-electron chi connectivity index (χ2n) is 4.89. The first-order valence-corrected chi connectivity index (χ1v) is 6.81. The van der Waals surface area contributed by atoms with Crippen LogP contribution in [0.2, 0.25) is 0 Å². The second kappa shape index (κ2) is 6.83. The van der Waals surface area contributed by atoms with Crippen molar-refractivity contribution < 1.29 is 19.1 Å². The molecule has 0 atom stereocenters. The standard InChI is InChI=1S/C16H17NO4/c1-12-4-6-13(7-5-12)8-9-16(20)21-11-15(19)17-10-2-3-14(17)18/h4-9H,2-3,10-11H2,1H3/b9-8+. The molecular formula is C16H17NO4. The molecule has 1 fully saturated rings. The lowest BCUT2D eigenvalue weighted by Crippen LogP contribution is -2.35. The summed E-state index contributed by atoms with van der Waals surface area (Å²) < 4.78 is 4.84. The van der Waals surface area contributed by atoms with Crippen LogP contribution >= 0.6 is 0 Å². The van der Waals surface area contributed by atoms with Crippen molar-refractivity contribution >= 4 is 23.9 Å². The summed E-state index contributed by atoms with van der Waals surface area (Å²) in [6.45, 7) is 1.99. The highest BCUT2D eigenvalue weighted by Gasteiger charge is 2.26. The molecule has 5 nitrogen and oxygen atoms in total. The van der Waals surface area contributed by atoms with E-state index in [1.165, 1.54) is 6.08 Å². The number of esters is 1. The van der Waals surface area contributed by atoms with Crippen molar-refractivity contribution in [3.63, 3.8) is 0 Å². The van der Waals surface area contributed by atoms with Crippen molar-refractivity contribution in [1.29, 1.82) is 0 Å². The molecule has 0 aromatic heterocycles. The molecule has 1 aliphatic rings. The van der Waals surface area contributed by atoms with E-state index in [1.807, 2.05) is 31.2 Å². The maximum absolute atomic E-state index is 11.7. The Morgan fingerprint density at radius 3 is 2.62 bits per heavy atom. The van der Waals surface area contributed by atoms with Gasteiger partial charge in [-0.25, -0.2) is 4.79 Å². The quantitative estimate of drug-likeness (QED) is 0.624. The van der Waals surface area contributed by atoms with Crippen molar-refractivity contribution in [3.05, 3.63) is 41.5 Å². The zero-order valence-corrected chi connectivity index (χ0v) is 11.9. The van der Waals surface area contributed by atoms with E-state index in [4.69, 9.17) is 4.74 Å². The van der Waals surface area contributed by atoms with Gasteiger partial charge in [-0.3, -0.25) is 14.5 Å². The molecule has 1 aromatic rings. The van der Waals surface area contributed by atoms with Crippen LogP contribution in [-0.2, 0) is 19.1 Å². The summed E-state index contributed by atoms with van der Waals surface area (Å²) in [5.41, 5.74) is 2.01. The van der Waals surface area contributed by atoms with Crippen LogP contribution in [-0.4, -0.2) is 35.8 Å². The summed E-state index contributed by atoms with van der Waals surface area (Å²) in [4.78, 5) is 35.7. The lowest BCUT2D eigenvalue weighted by molar-refractivity contribution is -0.151. The Balaban J connectivity index is 1.80. The molecule has 2 amide bonds. The predicted molar refractivity (Wildman–Crippen MR) is 77.1 cm³/mol. The van der Waals surface area contributed by atoms with E-state index < -0.39 is 18.5 Å². The summed E-state index contributed by atoms with van der Waals surface area (Å²) in [7, 11) is 0. The highest BCUT2D eigenvalue weighted by molar-refractivity contribution is 5.98. The van der Waals surface area contributed by atoms with Crippen LogP contribution in [0.25, 0.3) is 6.08 Å². The molecule has 0 saturated carbocycles. The molecule has 0 bridgehead atoms. The van der Waals surface area contributed by atoms with Crippen LogP contribution in [0, 0.1) is 6.92 Å². The van der Waals surface area contributed by atoms with Crippen LogP contribution in [0.15, 0.2) is 30.3 Å². The highest BCUT2D eigenvalue weighted by Crippen LogP contribution is 2.10. The molecule has 1 heterocycles. The van der Waals surface area contributed by atoms with E-state index >= 15 is 0 Å². The molecule has 5 heteroatoms. The molecular weight excluding hydrogens is 270 g/mol. The van der Waals surface area contributed by atoms with Gasteiger partial charge >= 0.3 is 5.97 Å². The van der Waals surface area contributed by atoms with Crippen molar-refractivity contribution in [3.8, 4) is 0 Å². The summed E-state index contributed by atoms with van der Waals surface area (Å²) in [6.07, 6.45) is 3.94. The molecule has 0 radical (unpaired) electrons. The predicted octanol–water partition coefficient (Wildman–Crippen LogP) is 1.70. The normalized spacial score (nSPS) is 14.7. The minimum atomic E-state index is -0.601. The van der Waals surface area contributed by atoms with E-state index in [-0.39, 0.29) is 5.91 Å². The number of rotatable bonds is 4. The first-order valence-electron chi connectivity index (χ1n) is 6.81. The largest absolute Gasteiger partial charge is 0.452 e. The van der Waals surface area contributed by atoms with Gasteiger partial charge in [0.25, 0.3) is 5.91 Å².